The van der Waals surface area contributed by atoms with E-state index in [0.717, 1.165) is 36.1 Å². The Bertz CT molecular complexity index is 852. The van der Waals surface area contributed by atoms with Crippen molar-refractivity contribution >= 4 is 16.9 Å². The van der Waals surface area contributed by atoms with Gasteiger partial charge in [-0.05, 0) is 41.5 Å². The van der Waals surface area contributed by atoms with E-state index in [1.165, 1.54) is 22.3 Å². The Morgan fingerprint density at radius 1 is 1.35 bits per heavy atom. The minimum atomic E-state index is 0.300. The highest BCUT2D eigenvalue weighted by Gasteiger charge is 2.24. The highest BCUT2D eigenvalue weighted by molar-refractivity contribution is 5.90. The SMILES string of the molecule is CCc1c[nH]c2ncnc(NC3CCc4cc(CN)ccc43)c12. The van der Waals surface area contributed by atoms with E-state index in [2.05, 4.69) is 45.4 Å². The maximum atomic E-state index is 5.75. The molecule has 2 heterocycles. The van der Waals surface area contributed by atoms with Crippen LogP contribution in [-0.4, -0.2) is 15.0 Å². The number of nitrogens with one attached hydrogen (secondary N) is 2. The fourth-order valence-electron chi connectivity index (χ4n) is 3.53. The zero-order valence-electron chi connectivity index (χ0n) is 13.3. The number of benzene rings is 1. The van der Waals surface area contributed by atoms with Gasteiger partial charge in [0.15, 0.2) is 0 Å². The summed E-state index contributed by atoms with van der Waals surface area (Å²) in [6.07, 6.45) is 6.78. The second-order valence-electron chi connectivity index (χ2n) is 6.09. The number of rotatable bonds is 4. The lowest BCUT2D eigenvalue weighted by atomic mass is 10.0. The Morgan fingerprint density at radius 3 is 3.09 bits per heavy atom. The smallest absolute Gasteiger partial charge is 0.143 e. The lowest BCUT2D eigenvalue weighted by molar-refractivity contribution is 0.758. The van der Waals surface area contributed by atoms with Crippen molar-refractivity contribution in [1.29, 1.82) is 0 Å². The lowest BCUT2D eigenvalue weighted by Crippen LogP contribution is -2.09. The number of nitrogens with two attached hydrogens (primary N) is 1. The Hall–Kier alpha value is -2.40. The molecule has 0 saturated heterocycles. The fraction of sp³-hybridized carbons (Fsp3) is 0.333. The van der Waals surface area contributed by atoms with Gasteiger partial charge in [-0.15, -0.1) is 0 Å². The summed E-state index contributed by atoms with van der Waals surface area (Å²) in [7, 11) is 0. The average molecular weight is 307 g/mol. The first-order valence-corrected chi connectivity index (χ1v) is 8.19. The van der Waals surface area contributed by atoms with Gasteiger partial charge in [-0.3, -0.25) is 0 Å². The van der Waals surface area contributed by atoms with Crippen molar-refractivity contribution < 1.29 is 0 Å². The van der Waals surface area contributed by atoms with Crippen molar-refractivity contribution in [2.24, 2.45) is 5.73 Å². The summed E-state index contributed by atoms with van der Waals surface area (Å²) in [6, 6.07) is 6.87. The molecule has 0 saturated carbocycles. The van der Waals surface area contributed by atoms with Crippen molar-refractivity contribution in [2.45, 2.75) is 38.8 Å². The molecule has 1 atom stereocenters. The zero-order chi connectivity index (χ0) is 15.8. The van der Waals surface area contributed by atoms with Crippen LogP contribution in [0.2, 0.25) is 0 Å². The van der Waals surface area contributed by atoms with Crippen LogP contribution in [0.1, 0.15) is 41.6 Å². The van der Waals surface area contributed by atoms with E-state index in [1.807, 2.05) is 6.20 Å². The third kappa shape index (κ3) is 2.37. The number of aryl methyl sites for hydroxylation is 2. The fourth-order valence-corrected chi connectivity index (χ4v) is 3.53. The first-order valence-electron chi connectivity index (χ1n) is 8.19. The molecule has 0 spiro atoms. The molecule has 0 aliphatic heterocycles. The number of fused-ring (bicyclic) bond motifs is 2. The first kappa shape index (κ1) is 14.2. The molecule has 3 aromatic rings. The number of H-pyrrole nitrogens is 1. The van der Waals surface area contributed by atoms with Crippen LogP contribution in [0.5, 0.6) is 0 Å². The minimum Gasteiger partial charge on any atom is -0.363 e. The molecule has 2 aromatic heterocycles. The second-order valence-corrected chi connectivity index (χ2v) is 6.09. The number of nitrogens with zero attached hydrogens (tertiary/aromatic N) is 2. The topological polar surface area (TPSA) is 79.6 Å². The molecular weight excluding hydrogens is 286 g/mol. The van der Waals surface area contributed by atoms with Gasteiger partial charge >= 0.3 is 0 Å². The number of aromatic amines is 1. The van der Waals surface area contributed by atoms with E-state index in [4.69, 9.17) is 5.73 Å². The molecule has 0 radical (unpaired) electrons. The van der Waals surface area contributed by atoms with E-state index in [9.17, 15) is 0 Å². The summed E-state index contributed by atoms with van der Waals surface area (Å²) >= 11 is 0. The van der Waals surface area contributed by atoms with Crippen LogP contribution in [0.4, 0.5) is 5.82 Å². The van der Waals surface area contributed by atoms with Gasteiger partial charge in [0, 0.05) is 12.7 Å². The van der Waals surface area contributed by atoms with Crippen molar-refractivity contribution in [3.05, 3.63) is 53.0 Å². The summed E-state index contributed by atoms with van der Waals surface area (Å²) < 4.78 is 0. The maximum Gasteiger partial charge on any atom is 0.143 e. The van der Waals surface area contributed by atoms with Crippen LogP contribution in [0.25, 0.3) is 11.0 Å². The normalized spacial score (nSPS) is 16.7. The molecule has 1 aliphatic carbocycles. The zero-order valence-corrected chi connectivity index (χ0v) is 13.3. The van der Waals surface area contributed by atoms with Crippen molar-refractivity contribution in [3.63, 3.8) is 0 Å². The average Bonchev–Trinajstić information content (AvgIpc) is 3.19. The summed E-state index contributed by atoms with van der Waals surface area (Å²) in [5, 5.41) is 4.75. The standard InChI is InChI=1S/C18H21N5/c1-2-12-9-20-17-16(12)18(22-10-21-17)23-15-6-4-13-7-11(8-19)3-5-14(13)15/h3,5,7,9-10,15H,2,4,6,8,19H2,1H3,(H2,20,21,22,23). The van der Waals surface area contributed by atoms with E-state index < -0.39 is 0 Å². The van der Waals surface area contributed by atoms with E-state index in [1.54, 1.807) is 6.33 Å². The second kappa shape index (κ2) is 5.66. The van der Waals surface area contributed by atoms with Crippen LogP contribution in [-0.2, 0) is 19.4 Å². The minimum absolute atomic E-state index is 0.300. The largest absolute Gasteiger partial charge is 0.363 e. The first-order chi connectivity index (χ1) is 11.3. The highest BCUT2D eigenvalue weighted by Crippen LogP contribution is 2.35. The summed E-state index contributed by atoms with van der Waals surface area (Å²) in [6.45, 7) is 2.75. The van der Waals surface area contributed by atoms with E-state index in [0.29, 0.717) is 12.6 Å². The van der Waals surface area contributed by atoms with Gasteiger partial charge in [-0.1, -0.05) is 25.1 Å². The van der Waals surface area contributed by atoms with Crippen LogP contribution < -0.4 is 11.1 Å². The van der Waals surface area contributed by atoms with Crippen LogP contribution in [0.15, 0.2) is 30.7 Å². The predicted molar refractivity (Wildman–Crippen MR) is 92.3 cm³/mol. The van der Waals surface area contributed by atoms with E-state index >= 15 is 0 Å². The third-order valence-corrected chi connectivity index (χ3v) is 4.76. The van der Waals surface area contributed by atoms with Crippen LogP contribution >= 0.6 is 0 Å². The molecule has 5 nitrogen and oxygen atoms in total. The van der Waals surface area contributed by atoms with Crippen molar-refractivity contribution in [2.75, 3.05) is 5.32 Å². The molecule has 0 amide bonds. The van der Waals surface area contributed by atoms with Crippen LogP contribution in [0.3, 0.4) is 0 Å². The molecule has 0 bridgehead atoms. The Balaban J connectivity index is 1.69. The summed E-state index contributed by atoms with van der Waals surface area (Å²) in [5.74, 6) is 0.925. The van der Waals surface area contributed by atoms with Gasteiger partial charge < -0.3 is 16.0 Å². The number of aromatic nitrogens is 3. The predicted octanol–water partition coefficient (Wildman–Crippen LogP) is 3.08. The molecule has 23 heavy (non-hydrogen) atoms. The van der Waals surface area contributed by atoms with Gasteiger partial charge in [-0.2, -0.15) is 0 Å². The maximum absolute atomic E-state index is 5.75. The molecule has 4 N–H and O–H groups in total. The number of hydrogen-bond donors (Lipinski definition) is 3. The van der Waals surface area contributed by atoms with Crippen molar-refractivity contribution in [3.8, 4) is 0 Å². The Labute approximate surface area is 135 Å². The summed E-state index contributed by atoms with van der Waals surface area (Å²) in [4.78, 5) is 12.1. The van der Waals surface area contributed by atoms with Gasteiger partial charge in [-0.25, -0.2) is 9.97 Å². The quantitative estimate of drug-likeness (QED) is 0.692. The van der Waals surface area contributed by atoms with Crippen LogP contribution in [0, 0.1) is 0 Å². The molecule has 5 heteroatoms. The molecule has 1 aliphatic rings. The van der Waals surface area contributed by atoms with Crippen molar-refractivity contribution in [1.82, 2.24) is 15.0 Å². The number of anilines is 1. The molecule has 4 rings (SSSR count). The number of hydrogen-bond acceptors (Lipinski definition) is 4. The van der Waals surface area contributed by atoms with Gasteiger partial charge in [0.2, 0.25) is 0 Å². The molecule has 118 valence electrons. The summed E-state index contributed by atoms with van der Waals surface area (Å²) in [5.41, 5.74) is 11.9. The van der Waals surface area contributed by atoms with Gasteiger partial charge in [0.25, 0.3) is 0 Å². The lowest BCUT2D eigenvalue weighted by Gasteiger charge is -2.16. The van der Waals surface area contributed by atoms with Gasteiger partial charge in [0.05, 0.1) is 11.4 Å². The Kier molecular flexibility index (Phi) is 3.50. The highest BCUT2D eigenvalue weighted by atomic mass is 15.1. The Morgan fingerprint density at radius 2 is 2.26 bits per heavy atom. The monoisotopic (exact) mass is 307 g/mol. The molecule has 1 unspecified atom stereocenters. The molecule has 0 fully saturated rings. The molecule has 1 aromatic carbocycles. The van der Waals surface area contributed by atoms with Gasteiger partial charge in [0.1, 0.15) is 17.8 Å². The molecular formula is C18H21N5. The third-order valence-electron chi connectivity index (χ3n) is 4.76. The van der Waals surface area contributed by atoms with E-state index in [-0.39, 0.29) is 0 Å².